The number of benzene rings is 1. The predicted molar refractivity (Wildman–Crippen MR) is 61.0 cm³/mol. The van der Waals surface area contributed by atoms with E-state index in [2.05, 4.69) is 6.92 Å². The van der Waals surface area contributed by atoms with Gasteiger partial charge in [0.05, 0.1) is 0 Å². The second-order valence-electron chi connectivity index (χ2n) is 3.34. The Morgan fingerprint density at radius 1 is 1.43 bits per heavy atom. The molecule has 0 heterocycles. The fourth-order valence-corrected chi connectivity index (χ4v) is 6.99. The van der Waals surface area contributed by atoms with Crippen LogP contribution in [0, 0.1) is 10.1 Å². The third-order valence-electron chi connectivity index (χ3n) is 2.24. The Balaban J connectivity index is 2.69. The Labute approximate surface area is 93.9 Å². The summed E-state index contributed by atoms with van der Waals surface area (Å²) in [6.45, 7) is 2.16. The number of hydrogen-bond acceptors (Lipinski definition) is 2. The van der Waals surface area contributed by atoms with Crippen LogP contribution in [0.5, 0.6) is 0 Å². The minimum atomic E-state index is -1.07. The SMILES string of the molecule is CCC[CH2][SnH2][c]1ccccc1[N+](=O)[O-]. The first-order valence-corrected chi connectivity index (χ1v) is 9.85. The second-order valence-corrected chi connectivity index (χ2v) is 8.96. The van der Waals surface area contributed by atoms with Gasteiger partial charge < -0.3 is 0 Å². The van der Waals surface area contributed by atoms with Crippen LogP contribution < -0.4 is 3.58 Å². The molecule has 4 heteroatoms. The van der Waals surface area contributed by atoms with Crippen LogP contribution in [0.25, 0.3) is 0 Å². The summed E-state index contributed by atoms with van der Waals surface area (Å²) >= 11 is -1.07. The summed E-state index contributed by atoms with van der Waals surface area (Å²) in [6.07, 6.45) is 2.42. The second kappa shape index (κ2) is 6.01. The number of para-hydroxylation sites is 1. The van der Waals surface area contributed by atoms with E-state index in [0.717, 1.165) is 3.58 Å². The van der Waals surface area contributed by atoms with Crippen LogP contribution >= 0.6 is 0 Å². The predicted octanol–water partition coefficient (Wildman–Crippen LogP) is 1.61. The van der Waals surface area contributed by atoms with Crippen LogP contribution in [-0.4, -0.2) is 26.1 Å². The zero-order valence-corrected chi connectivity index (χ0v) is 12.4. The first-order chi connectivity index (χ1) is 6.75. The summed E-state index contributed by atoms with van der Waals surface area (Å²) in [5.41, 5.74) is 0.347. The van der Waals surface area contributed by atoms with Gasteiger partial charge in [0, 0.05) is 0 Å². The summed E-state index contributed by atoms with van der Waals surface area (Å²) in [7, 11) is 0. The summed E-state index contributed by atoms with van der Waals surface area (Å²) in [5.74, 6) is 0. The Bertz CT molecular complexity index is 315. The van der Waals surface area contributed by atoms with Gasteiger partial charge in [-0.15, -0.1) is 0 Å². The molecule has 0 saturated carbocycles. The average molecular weight is 300 g/mol. The molecule has 0 N–H and O–H groups in total. The Morgan fingerprint density at radius 3 is 2.79 bits per heavy atom. The quantitative estimate of drug-likeness (QED) is 0.359. The Kier molecular flexibility index (Phi) is 4.93. The van der Waals surface area contributed by atoms with E-state index in [-0.39, 0.29) is 4.92 Å². The number of hydrogen-bond donors (Lipinski definition) is 0. The van der Waals surface area contributed by atoms with Crippen molar-refractivity contribution in [3.8, 4) is 0 Å². The summed E-state index contributed by atoms with van der Waals surface area (Å²) < 4.78 is 2.30. The van der Waals surface area contributed by atoms with Crippen molar-refractivity contribution in [2.45, 2.75) is 24.2 Å². The Hall–Kier alpha value is -0.581. The van der Waals surface area contributed by atoms with Crippen LogP contribution in [-0.2, 0) is 0 Å². The molecule has 0 spiro atoms. The molecule has 0 aliphatic rings. The van der Waals surface area contributed by atoms with Gasteiger partial charge in [-0.05, 0) is 0 Å². The molecule has 0 aromatic heterocycles. The van der Waals surface area contributed by atoms with Gasteiger partial charge in [0.2, 0.25) is 0 Å². The van der Waals surface area contributed by atoms with Crippen molar-refractivity contribution in [2.75, 3.05) is 0 Å². The van der Waals surface area contributed by atoms with Crippen molar-refractivity contribution in [1.29, 1.82) is 0 Å². The molecule has 1 rings (SSSR count). The van der Waals surface area contributed by atoms with E-state index in [1.807, 2.05) is 12.1 Å². The molecular weight excluding hydrogens is 285 g/mol. The topological polar surface area (TPSA) is 43.1 Å². The first-order valence-electron chi connectivity index (χ1n) is 4.98. The van der Waals surface area contributed by atoms with Gasteiger partial charge in [-0.25, -0.2) is 0 Å². The van der Waals surface area contributed by atoms with Crippen molar-refractivity contribution >= 4 is 30.4 Å². The molecule has 0 atom stereocenters. The van der Waals surface area contributed by atoms with E-state index in [1.54, 1.807) is 12.1 Å². The van der Waals surface area contributed by atoms with Crippen molar-refractivity contribution in [3.63, 3.8) is 0 Å². The molecule has 0 bridgehead atoms. The standard InChI is InChI=1S/C6H4NO2.C4H9.Sn.2H/c8-7(9)6-4-2-1-3-5-6;1-3-4-2;;;/h1-4H;1,3-4H2,2H3;;;. The van der Waals surface area contributed by atoms with Crippen molar-refractivity contribution in [1.82, 2.24) is 0 Å². The Morgan fingerprint density at radius 2 is 2.14 bits per heavy atom. The van der Waals surface area contributed by atoms with Gasteiger partial charge in [0.25, 0.3) is 0 Å². The number of nitrogens with zero attached hydrogens (tertiary/aromatic N) is 1. The van der Waals surface area contributed by atoms with E-state index in [0.29, 0.717) is 5.69 Å². The van der Waals surface area contributed by atoms with E-state index >= 15 is 0 Å². The summed E-state index contributed by atoms with van der Waals surface area (Å²) in [4.78, 5) is 10.4. The van der Waals surface area contributed by atoms with Crippen LogP contribution in [0.3, 0.4) is 0 Å². The van der Waals surface area contributed by atoms with Crippen LogP contribution in [0.15, 0.2) is 24.3 Å². The van der Waals surface area contributed by atoms with Gasteiger partial charge in [-0.2, -0.15) is 0 Å². The molecule has 0 aliphatic heterocycles. The fraction of sp³-hybridized carbons (Fsp3) is 0.400. The molecule has 1 aromatic carbocycles. The molecule has 76 valence electrons. The molecule has 1 aromatic rings. The van der Waals surface area contributed by atoms with Crippen molar-refractivity contribution < 1.29 is 4.92 Å². The minimum absolute atomic E-state index is 0.252. The zero-order valence-electron chi connectivity index (χ0n) is 8.40. The van der Waals surface area contributed by atoms with Gasteiger partial charge in [-0.3, -0.25) is 0 Å². The van der Waals surface area contributed by atoms with Crippen LogP contribution in [0.2, 0.25) is 4.44 Å². The number of rotatable bonds is 5. The van der Waals surface area contributed by atoms with E-state index in [1.165, 1.54) is 17.3 Å². The van der Waals surface area contributed by atoms with Gasteiger partial charge in [0.15, 0.2) is 0 Å². The maximum atomic E-state index is 10.7. The number of nitro groups is 1. The zero-order chi connectivity index (χ0) is 10.4. The molecule has 0 radical (unpaired) electrons. The van der Waals surface area contributed by atoms with E-state index in [9.17, 15) is 10.1 Å². The molecule has 0 saturated heterocycles. The molecule has 0 fully saturated rings. The van der Waals surface area contributed by atoms with Crippen molar-refractivity contribution in [2.24, 2.45) is 0 Å². The molecule has 0 amide bonds. The van der Waals surface area contributed by atoms with Gasteiger partial charge in [-0.1, -0.05) is 0 Å². The molecule has 14 heavy (non-hydrogen) atoms. The normalized spacial score (nSPS) is 10.9. The summed E-state index contributed by atoms with van der Waals surface area (Å²) in [6, 6.07) is 7.21. The summed E-state index contributed by atoms with van der Waals surface area (Å²) in [5, 5.41) is 10.7. The van der Waals surface area contributed by atoms with E-state index in [4.69, 9.17) is 0 Å². The third-order valence-corrected chi connectivity index (χ3v) is 7.92. The van der Waals surface area contributed by atoms with Gasteiger partial charge >= 0.3 is 93.9 Å². The molecule has 0 unspecified atom stereocenters. The monoisotopic (exact) mass is 301 g/mol. The van der Waals surface area contributed by atoms with Crippen molar-refractivity contribution in [3.05, 3.63) is 34.4 Å². The molecule has 3 nitrogen and oxygen atoms in total. The average Bonchev–Trinajstić information content (AvgIpc) is 2.19. The molecular formula is C10H15NO2Sn. The first kappa shape index (κ1) is 11.5. The van der Waals surface area contributed by atoms with Crippen LogP contribution in [0.4, 0.5) is 5.69 Å². The maximum absolute atomic E-state index is 10.7. The van der Waals surface area contributed by atoms with E-state index < -0.39 is 21.1 Å². The third kappa shape index (κ3) is 3.29. The number of unbranched alkanes of at least 4 members (excludes halogenated alkanes) is 1. The number of nitro benzene ring substituents is 1. The van der Waals surface area contributed by atoms with Crippen LogP contribution in [0.1, 0.15) is 19.8 Å². The fourth-order valence-electron chi connectivity index (χ4n) is 1.47. The molecule has 0 aliphatic carbocycles. The van der Waals surface area contributed by atoms with Gasteiger partial charge in [0.1, 0.15) is 0 Å².